The number of ether oxygens (including phenoxy) is 2. The minimum Gasteiger partial charge on any atom is -0.379 e. The SMILES string of the molecule is O=C(CCN1CCOCC1)Nc1cc(NC(=O)C2COCCN2)ccc1F. The average Bonchev–Trinajstić information content (AvgIpc) is 2.70. The number of carbonyl (C=O) groups excluding carboxylic acids is 2. The number of carbonyl (C=O) groups is 2. The predicted molar refractivity (Wildman–Crippen MR) is 98.1 cm³/mol. The molecule has 2 saturated heterocycles. The van der Waals surface area contributed by atoms with Gasteiger partial charge in [0, 0.05) is 38.3 Å². The van der Waals surface area contributed by atoms with E-state index in [-0.39, 0.29) is 30.5 Å². The lowest BCUT2D eigenvalue weighted by atomic mass is 10.2. The van der Waals surface area contributed by atoms with Crippen LogP contribution < -0.4 is 16.0 Å². The molecule has 2 fully saturated rings. The number of hydrogen-bond donors (Lipinski definition) is 3. The van der Waals surface area contributed by atoms with E-state index in [1.54, 1.807) is 0 Å². The summed E-state index contributed by atoms with van der Waals surface area (Å²) in [5, 5.41) is 8.34. The Kier molecular flexibility index (Phi) is 7.11. The molecule has 0 radical (unpaired) electrons. The third-order valence-electron chi connectivity index (χ3n) is 4.50. The molecule has 1 aromatic carbocycles. The Bertz CT molecular complexity index is 661. The zero-order chi connectivity index (χ0) is 19.1. The van der Waals surface area contributed by atoms with Crippen LogP contribution in [0.2, 0.25) is 0 Å². The Morgan fingerprint density at radius 2 is 2.00 bits per heavy atom. The molecule has 0 saturated carbocycles. The molecule has 2 aliphatic rings. The van der Waals surface area contributed by atoms with Crippen molar-refractivity contribution in [3.63, 3.8) is 0 Å². The molecule has 3 rings (SSSR count). The van der Waals surface area contributed by atoms with Gasteiger partial charge in [-0.3, -0.25) is 14.5 Å². The summed E-state index contributed by atoms with van der Waals surface area (Å²) < 4.78 is 24.6. The lowest BCUT2D eigenvalue weighted by Gasteiger charge is -2.26. The van der Waals surface area contributed by atoms with Gasteiger partial charge in [-0.1, -0.05) is 0 Å². The first-order valence-corrected chi connectivity index (χ1v) is 9.13. The highest BCUT2D eigenvalue weighted by atomic mass is 19.1. The van der Waals surface area contributed by atoms with Crippen molar-refractivity contribution < 1.29 is 23.5 Å². The molecule has 2 aliphatic heterocycles. The van der Waals surface area contributed by atoms with E-state index < -0.39 is 11.9 Å². The van der Waals surface area contributed by atoms with Gasteiger partial charge in [0.1, 0.15) is 11.9 Å². The van der Waals surface area contributed by atoms with Gasteiger partial charge in [0.15, 0.2) is 0 Å². The standard InChI is InChI=1S/C18H25FN4O4/c19-14-2-1-13(21-18(25)16-12-27-8-4-20-16)11-15(14)22-17(24)3-5-23-6-9-26-10-7-23/h1-2,11,16,20H,3-10,12H2,(H,21,25)(H,22,24). The fourth-order valence-corrected chi connectivity index (χ4v) is 2.96. The van der Waals surface area contributed by atoms with Crippen LogP contribution in [0, 0.1) is 5.82 Å². The first kappa shape index (κ1) is 19.7. The second-order valence-electron chi connectivity index (χ2n) is 6.52. The fourth-order valence-electron chi connectivity index (χ4n) is 2.96. The van der Waals surface area contributed by atoms with Crippen LogP contribution in [0.3, 0.4) is 0 Å². The molecule has 0 spiro atoms. The number of morpholine rings is 2. The van der Waals surface area contributed by atoms with Crippen LogP contribution >= 0.6 is 0 Å². The molecule has 1 aromatic rings. The van der Waals surface area contributed by atoms with Crippen LogP contribution in [0.25, 0.3) is 0 Å². The summed E-state index contributed by atoms with van der Waals surface area (Å²) >= 11 is 0. The van der Waals surface area contributed by atoms with Crippen molar-refractivity contribution in [1.82, 2.24) is 10.2 Å². The number of hydrogen-bond acceptors (Lipinski definition) is 6. The van der Waals surface area contributed by atoms with Crippen molar-refractivity contribution in [3.8, 4) is 0 Å². The van der Waals surface area contributed by atoms with E-state index in [0.29, 0.717) is 38.6 Å². The highest BCUT2D eigenvalue weighted by Gasteiger charge is 2.21. The summed E-state index contributed by atoms with van der Waals surface area (Å²) in [5.74, 6) is -1.08. The summed E-state index contributed by atoms with van der Waals surface area (Å²) in [4.78, 5) is 26.5. The Morgan fingerprint density at radius 3 is 2.74 bits per heavy atom. The smallest absolute Gasteiger partial charge is 0.243 e. The lowest BCUT2D eigenvalue weighted by molar-refractivity contribution is -0.120. The molecular weight excluding hydrogens is 355 g/mol. The Balaban J connectivity index is 1.52. The van der Waals surface area contributed by atoms with Crippen molar-refractivity contribution in [2.45, 2.75) is 12.5 Å². The monoisotopic (exact) mass is 380 g/mol. The Labute approximate surface area is 157 Å². The van der Waals surface area contributed by atoms with Crippen LogP contribution in [0.15, 0.2) is 18.2 Å². The summed E-state index contributed by atoms with van der Waals surface area (Å²) in [6, 6.07) is 3.65. The normalized spacial score (nSPS) is 20.9. The number of amides is 2. The lowest BCUT2D eigenvalue weighted by Crippen LogP contribution is -2.48. The van der Waals surface area contributed by atoms with Crippen LogP contribution in [-0.4, -0.2) is 75.4 Å². The van der Waals surface area contributed by atoms with Crippen molar-refractivity contribution in [2.24, 2.45) is 0 Å². The topological polar surface area (TPSA) is 91.9 Å². The molecular formula is C18H25FN4O4. The second kappa shape index (κ2) is 9.75. The highest BCUT2D eigenvalue weighted by Crippen LogP contribution is 2.20. The number of nitrogens with one attached hydrogen (secondary N) is 3. The molecule has 0 aromatic heterocycles. The summed E-state index contributed by atoms with van der Waals surface area (Å²) in [6.07, 6.45) is 0.263. The van der Waals surface area contributed by atoms with Crippen LogP contribution in [0.1, 0.15) is 6.42 Å². The van der Waals surface area contributed by atoms with E-state index in [4.69, 9.17) is 9.47 Å². The number of nitrogens with zero attached hydrogens (tertiary/aromatic N) is 1. The number of halogens is 1. The van der Waals surface area contributed by atoms with Gasteiger partial charge >= 0.3 is 0 Å². The van der Waals surface area contributed by atoms with Gasteiger partial charge < -0.3 is 25.4 Å². The number of rotatable bonds is 6. The second-order valence-corrected chi connectivity index (χ2v) is 6.52. The first-order chi connectivity index (χ1) is 13.1. The molecule has 1 unspecified atom stereocenters. The van der Waals surface area contributed by atoms with Gasteiger partial charge in [-0.25, -0.2) is 4.39 Å². The maximum absolute atomic E-state index is 14.0. The van der Waals surface area contributed by atoms with Crippen molar-refractivity contribution in [3.05, 3.63) is 24.0 Å². The number of benzene rings is 1. The third kappa shape index (κ3) is 5.96. The van der Waals surface area contributed by atoms with E-state index in [1.807, 2.05) is 0 Å². The van der Waals surface area contributed by atoms with Gasteiger partial charge in [-0.05, 0) is 18.2 Å². The minimum atomic E-state index is -0.549. The maximum atomic E-state index is 14.0. The highest BCUT2D eigenvalue weighted by molar-refractivity contribution is 5.96. The van der Waals surface area contributed by atoms with Crippen molar-refractivity contribution >= 4 is 23.2 Å². The molecule has 2 heterocycles. The van der Waals surface area contributed by atoms with Gasteiger partial charge in [0.25, 0.3) is 0 Å². The maximum Gasteiger partial charge on any atom is 0.243 e. The van der Waals surface area contributed by atoms with Crippen LogP contribution in [-0.2, 0) is 19.1 Å². The molecule has 3 N–H and O–H groups in total. The van der Waals surface area contributed by atoms with Crippen LogP contribution in [0.5, 0.6) is 0 Å². The minimum absolute atomic E-state index is 0.0487. The predicted octanol–water partition coefficient (Wildman–Crippen LogP) is 0.413. The van der Waals surface area contributed by atoms with Crippen molar-refractivity contribution in [2.75, 3.05) is 63.2 Å². The molecule has 2 amide bonds. The Morgan fingerprint density at radius 1 is 1.19 bits per heavy atom. The van der Waals surface area contributed by atoms with Crippen molar-refractivity contribution in [1.29, 1.82) is 0 Å². The van der Waals surface area contributed by atoms with E-state index >= 15 is 0 Å². The molecule has 0 aliphatic carbocycles. The van der Waals surface area contributed by atoms with Gasteiger partial charge in [0.2, 0.25) is 11.8 Å². The van der Waals surface area contributed by atoms with E-state index in [1.165, 1.54) is 18.2 Å². The molecule has 27 heavy (non-hydrogen) atoms. The molecule has 8 nitrogen and oxygen atoms in total. The zero-order valence-electron chi connectivity index (χ0n) is 15.1. The molecule has 9 heteroatoms. The van der Waals surface area contributed by atoms with E-state index in [9.17, 15) is 14.0 Å². The molecule has 1 atom stereocenters. The van der Waals surface area contributed by atoms with Gasteiger partial charge in [0.05, 0.1) is 32.1 Å². The number of anilines is 2. The quantitative estimate of drug-likeness (QED) is 0.662. The molecule has 148 valence electrons. The van der Waals surface area contributed by atoms with Gasteiger partial charge in [-0.15, -0.1) is 0 Å². The third-order valence-corrected chi connectivity index (χ3v) is 4.50. The largest absolute Gasteiger partial charge is 0.379 e. The zero-order valence-corrected chi connectivity index (χ0v) is 15.1. The van der Waals surface area contributed by atoms with E-state index in [0.717, 1.165) is 13.1 Å². The fraction of sp³-hybridized carbons (Fsp3) is 0.556. The van der Waals surface area contributed by atoms with Crippen LogP contribution in [0.4, 0.5) is 15.8 Å². The summed E-state index contributed by atoms with van der Waals surface area (Å²) in [5.41, 5.74) is 0.463. The molecule has 0 bridgehead atoms. The first-order valence-electron chi connectivity index (χ1n) is 9.13. The van der Waals surface area contributed by atoms with Gasteiger partial charge in [-0.2, -0.15) is 0 Å². The van der Waals surface area contributed by atoms with E-state index in [2.05, 4.69) is 20.9 Å². The average molecular weight is 380 g/mol. The Hall–Kier alpha value is -2.07. The summed E-state index contributed by atoms with van der Waals surface area (Å²) in [7, 11) is 0. The summed E-state index contributed by atoms with van der Waals surface area (Å²) in [6.45, 7) is 4.98.